The van der Waals surface area contributed by atoms with Gasteiger partial charge >= 0.3 is 0 Å². The molecule has 0 spiro atoms. The third-order valence-electron chi connectivity index (χ3n) is 3.67. The minimum Gasteiger partial charge on any atom is -0.496 e. The maximum absolute atomic E-state index is 5.56. The van der Waals surface area contributed by atoms with Crippen molar-refractivity contribution in [3.05, 3.63) is 53.0 Å². The van der Waals surface area contributed by atoms with Crippen molar-refractivity contribution in [1.82, 2.24) is 5.32 Å². The molecule has 2 rings (SSSR count). The number of hydrogen-bond acceptors (Lipinski definition) is 3. The number of benzene rings is 1. The predicted octanol–water partition coefficient (Wildman–Crippen LogP) is 3.80. The van der Waals surface area contributed by atoms with E-state index in [4.69, 9.17) is 9.15 Å². The Morgan fingerprint density at radius 3 is 2.70 bits per heavy atom. The molecule has 0 radical (unpaired) electrons. The van der Waals surface area contributed by atoms with E-state index >= 15 is 0 Å². The Bertz CT molecular complexity index is 546. The Morgan fingerprint density at radius 1 is 1.30 bits per heavy atom. The van der Waals surface area contributed by atoms with Crippen LogP contribution < -0.4 is 10.1 Å². The topological polar surface area (TPSA) is 34.4 Å². The van der Waals surface area contributed by atoms with Gasteiger partial charge in [-0.2, -0.15) is 0 Å². The molecule has 2 aromatic rings. The summed E-state index contributed by atoms with van der Waals surface area (Å²) in [6, 6.07) is 8.51. The molecule has 1 aromatic carbocycles. The lowest BCUT2D eigenvalue weighted by molar-refractivity contribution is 0.395. The van der Waals surface area contributed by atoms with Crippen LogP contribution in [0.15, 0.2) is 34.9 Å². The SMILES string of the molecule is CNC(CCc1ccco1)c1c(C)cc(C)cc1OC. The number of nitrogens with one attached hydrogen (secondary N) is 1. The highest BCUT2D eigenvalue weighted by Crippen LogP contribution is 2.32. The molecule has 0 bridgehead atoms. The monoisotopic (exact) mass is 273 g/mol. The maximum atomic E-state index is 5.56. The highest BCUT2D eigenvalue weighted by molar-refractivity contribution is 5.45. The molecule has 0 saturated carbocycles. The Balaban J connectivity index is 2.22. The zero-order chi connectivity index (χ0) is 14.5. The van der Waals surface area contributed by atoms with Gasteiger partial charge in [-0.25, -0.2) is 0 Å². The van der Waals surface area contributed by atoms with E-state index in [-0.39, 0.29) is 6.04 Å². The van der Waals surface area contributed by atoms with Crippen molar-refractivity contribution in [1.29, 1.82) is 0 Å². The van der Waals surface area contributed by atoms with Crippen LogP contribution in [0, 0.1) is 13.8 Å². The normalized spacial score (nSPS) is 12.4. The van der Waals surface area contributed by atoms with Crippen LogP contribution in [0.2, 0.25) is 0 Å². The summed E-state index contributed by atoms with van der Waals surface area (Å²) >= 11 is 0. The molecule has 0 aliphatic heterocycles. The van der Waals surface area contributed by atoms with Crippen molar-refractivity contribution in [2.75, 3.05) is 14.2 Å². The van der Waals surface area contributed by atoms with Crippen molar-refractivity contribution in [3.63, 3.8) is 0 Å². The number of methoxy groups -OCH3 is 1. The van der Waals surface area contributed by atoms with E-state index in [1.807, 2.05) is 19.2 Å². The summed E-state index contributed by atoms with van der Waals surface area (Å²) < 4.78 is 11.0. The third kappa shape index (κ3) is 3.23. The highest BCUT2D eigenvalue weighted by atomic mass is 16.5. The molecule has 0 saturated heterocycles. The summed E-state index contributed by atoms with van der Waals surface area (Å²) in [5.74, 6) is 1.98. The summed E-state index contributed by atoms with van der Waals surface area (Å²) in [5, 5.41) is 3.39. The molecule has 20 heavy (non-hydrogen) atoms. The first-order valence-electron chi connectivity index (χ1n) is 7.00. The van der Waals surface area contributed by atoms with E-state index in [0.717, 1.165) is 24.4 Å². The van der Waals surface area contributed by atoms with Crippen LogP contribution in [0.1, 0.15) is 34.9 Å². The fraction of sp³-hybridized carbons (Fsp3) is 0.412. The van der Waals surface area contributed by atoms with Crippen LogP contribution in [0.4, 0.5) is 0 Å². The lowest BCUT2D eigenvalue weighted by atomic mass is 9.94. The van der Waals surface area contributed by atoms with Crippen molar-refractivity contribution in [2.24, 2.45) is 0 Å². The van der Waals surface area contributed by atoms with Gasteiger partial charge in [0.15, 0.2) is 0 Å². The van der Waals surface area contributed by atoms with Gasteiger partial charge < -0.3 is 14.5 Å². The molecule has 3 heteroatoms. The molecule has 1 heterocycles. The standard InChI is InChI=1S/C17H23NO2/c1-12-10-13(2)17(16(11-12)19-4)15(18-3)8-7-14-6-5-9-20-14/h5-6,9-11,15,18H,7-8H2,1-4H3. The van der Waals surface area contributed by atoms with E-state index in [0.29, 0.717) is 0 Å². The fourth-order valence-electron chi connectivity index (χ4n) is 2.73. The van der Waals surface area contributed by atoms with Gasteiger partial charge in [-0.05, 0) is 56.6 Å². The third-order valence-corrected chi connectivity index (χ3v) is 3.67. The molecular formula is C17H23NO2. The van der Waals surface area contributed by atoms with Crippen LogP contribution in [0.5, 0.6) is 5.75 Å². The number of ether oxygens (including phenoxy) is 1. The zero-order valence-electron chi connectivity index (χ0n) is 12.7. The summed E-state index contributed by atoms with van der Waals surface area (Å²) in [6.45, 7) is 4.23. The minimum absolute atomic E-state index is 0.260. The predicted molar refractivity (Wildman–Crippen MR) is 81.3 cm³/mol. The molecule has 0 amide bonds. The highest BCUT2D eigenvalue weighted by Gasteiger charge is 2.18. The largest absolute Gasteiger partial charge is 0.496 e. The van der Waals surface area contributed by atoms with Crippen LogP contribution in [-0.2, 0) is 6.42 Å². The molecule has 3 nitrogen and oxygen atoms in total. The van der Waals surface area contributed by atoms with E-state index in [1.165, 1.54) is 16.7 Å². The Morgan fingerprint density at radius 2 is 2.10 bits per heavy atom. The molecule has 0 fully saturated rings. The molecule has 0 aliphatic rings. The van der Waals surface area contributed by atoms with E-state index in [2.05, 4.69) is 31.3 Å². The second-order valence-electron chi connectivity index (χ2n) is 5.16. The minimum atomic E-state index is 0.260. The molecule has 1 atom stereocenters. The van der Waals surface area contributed by atoms with Crippen molar-refractivity contribution < 1.29 is 9.15 Å². The Kier molecular flexibility index (Phi) is 4.85. The molecule has 1 N–H and O–H groups in total. The lowest BCUT2D eigenvalue weighted by Gasteiger charge is -2.22. The van der Waals surface area contributed by atoms with Gasteiger partial charge in [0, 0.05) is 18.0 Å². The summed E-state index contributed by atoms with van der Waals surface area (Å²) in [4.78, 5) is 0. The van der Waals surface area contributed by atoms with Gasteiger partial charge in [0.25, 0.3) is 0 Å². The van der Waals surface area contributed by atoms with Crippen LogP contribution >= 0.6 is 0 Å². The van der Waals surface area contributed by atoms with Gasteiger partial charge in [0.2, 0.25) is 0 Å². The molecule has 1 aromatic heterocycles. The van der Waals surface area contributed by atoms with Gasteiger partial charge in [-0.3, -0.25) is 0 Å². The molecular weight excluding hydrogens is 250 g/mol. The average Bonchev–Trinajstić information content (AvgIpc) is 2.93. The summed E-state index contributed by atoms with van der Waals surface area (Å²) in [5.41, 5.74) is 3.73. The summed E-state index contributed by atoms with van der Waals surface area (Å²) in [6.07, 6.45) is 3.61. The first-order valence-corrected chi connectivity index (χ1v) is 7.00. The van der Waals surface area contributed by atoms with Crippen LogP contribution in [0.25, 0.3) is 0 Å². The molecule has 108 valence electrons. The van der Waals surface area contributed by atoms with Crippen molar-refractivity contribution >= 4 is 0 Å². The van der Waals surface area contributed by atoms with Gasteiger partial charge in [-0.1, -0.05) is 6.07 Å². The molecule has 0 aliphatic carbocycles. The number of hydrogen-bond donors (Lipinski definition) is 1. The van der Waals surface area contributed by atoms with Crippen LogP contribution in [0.3, 0.4) is 0 Å². The van der Waals surface area contributed by atoms with Crippen molar-refractivity contribution in [3.8, 4) is 5.75 Å². The Hall–Kier alpha value is -1.74. The van der Waals surface area contributed by atoms with E-state index in [1.54, 1.807) is 13.4 Å². The summed E-state index contributed by atoms with van der Waals surface area (Å²) in [7, 11) is 3.72. The van der Waals surface area contributed by atoms with Crippen molar-refractivity contribution in [2.45, 2.75) is 32.7 Å². The smallest absolute Gasteiger partial charge is 0.124 e. The Labute approximate surface area is 121 Å². The van der Waals surface area contributed by atoms with Gasteiger partial charge in [-0.15, -0.1) is 0 Å². The van der Waals surface area contributed by atoms with E-state index in [9.17, 15) is 0 Å². The number of rotatable bonds is 6. The van der Waals surface area contributed by atoms with Crippen LogP contribution in [-0.4, -0.2) is 14.2 Å². The molecule has 1 unspecified atom stereocenters. The maximum Gasteiger partial charge on any atom is 0.124 e. The number of aryl methyl sites for hydroxylation is 3. The quantitative estimate of drug-likeness (QED) is 0.869. The van der Waals surface area contributed by atoms with E-state index < -0.39 is 0 Å². The second kappa shape index (κ2) is 6.62. The number of furan rings is 1. The van der Waals surface area contributed by atoms with Gasteiger partial charge in [0.05, 0.1) is 13.4 Å². The second-order valence-corrected chi connectivity index (χ2v) is 5.16. The zero-order valence-corrected chi connectivity index (χ0v) is 12.7. The first kappa shape index (κ1) is 14.7. The lowest BCUT2D eigenvalue weighted by Crippen LogP contribution is -2.19. The fourth-order valence-corrected chi connectivity index (χ4v) is 2.73. The average molecular weight is 273 g/mol. The van der Waals surface area contributed by atoms with Gasteiger partial charge in [0.1, 0.15) is 11.5 Å². The first-order chi connectivity index (χ1) is 9.65.